The number of ether oxygens (including phenoxy) is 1. The van der Waals surface area contributed by atoms with Gasteiger partial charge in [0.1, 0.15) is 5.75 Å². The molecule has 1 aliphatic rings. The Hall–Kier alpha value is -1.49. The molecule has 0 spiro atoms. The summed E-state index contributed by atoms with van der Waals surface area (Å²) in [5, 5.41) is 0.100. The number of thioether (sulfide) groups is 1. The number of benzene rings is 1. The highest BCUT2D eigenvalue weighted by atomic mass is 32.2. The van der Waals surface area contributed by atoms with Crippen molar-refractivity contribution in [2.45, 2.75) is 13.3 Å². The molecule has 1 amide bonds. The first kappa shape index (κ1) is 13.9. The number of amides is 1. The number of hydrogen-bond donors (Lipinski definition) is 0. The van der Waals surface area contributed by atoms with Crippen LogP contribution in [0.15, 0.2) is 24.3 Å². The van der Waals surface area contributed by atoms with Crippen LogP contribution >= 0.6 is 11.8 Å². The molecule has 5 heteroatoms. The Morgan fingerprint density at radius 1 is 1.47 bits per heavy atom. The third-order valence-corrected chi connectivity index (χ3v) is 4.15. The van der Waals surface area contributed by atoms with Crippen LogP contribution in [-0.2, 0) is 9.59 Å². The van der Waals surface area contributed by atoms with Gasteiger partial charge in [-0.2, -0.15) is 0 Å². The molecule has 1 aromatic carbocycles. The van der Waals surface area contributed by atoms with Crippen molar-refractivity contribution in [3.63, 3.8) is 0 Å². The number of methoxy groups -OCH3 is 1. The number of anilines is 1. The highest BCUT2D eigenvalue weighted by Crippen LogP contribution is 2.33. The molecular weight excluding hydrogens is 262 g/mol. The Morgan fingerprint density at radius 2 is 2.21 bits per heavy atom. The monoisotopic (exact) mass is 279 g/mol. The van der Waals surface area contributed by atoms with Gasteiger partial charge in [0.05, 0.1) is 12.8 Å². The molecule has 2 rings (SSSR count). The minimum Gasteiger partial charge on any atom is -0.495 e. The predicted octanol–water partition coefficient (Wildman–Crippen LogP) is 2.33. The van der Waals surface area contributed by atoms with Crippen LogP contribution in [0, 0.1) is 5.92 Å². The van der Waals surface area contributed by atoms with Gasteiger partial charge < -0.3 is 9.64 Å². The standard InChI is InChI=1S/C14H17NO3S/c1-10(16)19-9-11-7-14(17)15(8-11)12-5-3-4-6-13(12)18-2/h3-6,11H,7-9H2,1-2H3. The third kappa shape index (κ3) is 3.29. The zero-order valence-corrected chi connectivity index (χ0v) is 11.9. The van der Waals surface area contributed by atoms with E-state index in [1.54, 1.807) is 18.9 Å². The van der Waals surface area contributed by atoms with Gasteiger partial charge in [-0.15, -0.1) is 0 Å². The van der Waals surface area contributed by atoms with Crippen LogP contribution in [0.3, 0.4) is 0 Å². The Bertz CT molecular complexity index is 489. The van der Waals surface area contributed by atoms with Crippen molar-refractivity contribution in [3.05, 3.63) is 24.3 Å². The van der Waals surface area contributed by atoms with E-state index in [4.69, 9.17) is 4.74 Å². The second-order valence-corrected chi connectivity index (χ2v) is 5.75. The number of carbonyl (C=O) groups is 2. The molecule has 0 radical (unpaired) electrons. The Kier molecular flexibility index (Phi) is 4.47. The SMILES string of the molecule is COc1ccccc1N1CC(CSC(C)=O)CC1=O. The maximum atomic E-state index is 12.1. The number of nitrogens with zero attached hydrogens (tertiary/aromatic N) is 1. The lowest BCUT2D eigenvalue weighted by Crippen LogP contribution is -2.25. The van der Waals surface area contributed by atoms with Crippen molar-refractivity contribution in [3.8, 4) is 5.75 Å². The first-order chi connectivity index (χ1) is 9.11. The molecule has 1 aliphatic heterocycles. The van der Waals surface area contributed by atoms with E-state index in [0.717, 1.165) is 5.69 Å². The maximum Gasteiger partial charge on any atom is 0.227 e. The average Bonchev–Trinajstić information content (AvgIpc) is 2.77. The van der Waals surface area contributed by atoms with E-state index in [1.165, 1.54) is 11.8 Å². The van der Waals surface area contributed by atoms with E-state index in [2.05, 4.69) is 0 Å². The fourth-order valence-corrected chi connectivity index (χ4v) is 2.91. The highest BCUT2D eigenvalue weighted by Gasteiger charge is 2.32. The highest BCUT2D eigenvalue weighted by molar-refractivity contribution is 8.13. The second-order valence-electron chi connectivity index (χ2n) is 4.55. The van der Waals surface area contributed by atoms with Crippen LogP contribution < -0.4 is 9.64 Å². The third-order valence-electron chi connectivity index (χ3n) is 3.10. The van der Waals surface area contributed by atoms with Gasteiger partial charge in [-0.25, -0.2) is 0 Å². The zero-order valence-electron chi connectivity index (χ0n) is 11.1. The summed E-state index contributed by atoms with van der Waals surface area (Å²) in [5.74, 6) is 1.73. The minimum atomic E-state index is 0.0960. The lowest BCUT2D eigenvalue weighted by Gasteiger charge is -2.19. The van der Waals surface area contributed by atoms with Crippen molar-refractivity contribution >= 4 is 28.5 Å². The van der Waals surface area contributed by atoms with E-state index in [0.29, 0.717) is 24.5 Å². The summed E-state index contributed by atoms with van der Waals surface area (Å²) in [5.41, 5.74) is 0.810. The van der Waals surface area contributed by atoms with Gasteiger partial charge in [0.2, 0.25) is 5.91 Å². The lowest BCUT2D eigenvalue weighted by atomic mass is 10.1. The van der Waals surface area contributed by atoms with Crippen LogP contribution in [0.5, 0.6) is 5.75 Å². The van der Waals surface area contributed by atoms with E-state index in [1.807, 2.05) is 24.3 Å². The van der Waals surface area contributed by atoms with Crippen molar-refractivity contribution in [2.24, 2.45) is 5.92 Å². The smallest absolute Gasteiger partial charge is 0.227 e. The topological polar surface area (TPSA) is 46.6 Å². The van der Waals surface area contributed by atoms with Gasteiger partial charge in [-0.1, -0.05) is 23.9 Å². The molecule has 1 heterocycles. The van der Waals surface area contributed by atoms with Gasteiger partial charge >= 0.3 is 0 Å². The fraction of sp³-hybridized carbons (Fsp3) is 0.429. The second kappa shape index (κ2) is 6.10. The molecule has 4 nitrogen and oxygen atoms in total. The van der Waals surface area contributed by atoms with Gasteiger partial charge in [-0.3, -0.25) is 9.59 Å². The summed E-state index contributed by atoms with van der Waals surface area (Å²) in [6.07, 6.45) is 0.498. The normalized spacial score (nSPS) is 18.7. The first-order valence-corrected chi connectivity index (χ1v) is 7.17. The van der Waals surface area contributed by atoms with Crippen molar-refractivity contribution in [1.29, 1.82) is 0 Å². The largest absolute Gasteiger partial charge is 0.495 e. The molecule has 19 heavy (non-hydrogen) atoms. The maximum absolute atomic E-state index is 12.1. The molecule has 0 N–H and O–H groups in total. The number of para-hydroxylation sites is 2. The summed E-state index contributed by atoms with van der Waals surface area (Å²) in [6.45, 7) is 2.21. The number of carbonyl (C=O) groups excluding carboxylic acids is 2. The molecule has 0 bridgehead atoms. The van der Waals surface area contributed by atoms with Crippen LogP contribution in [-0.4, -0.2) is 30.4 Å². The fourth-order valence-electron chi connectivity index (χ4n) is 2.21. The summed E-state index contributed by atoms with van der Waals surface area (Å²) in [6, 6.07) is 7.51. The molecule has 1 fully saturated rings. The zero-order chi connectivity index (χ0) is 13.8. The molecule has 0 saturated carbocycles. The molecule has 0 aromatic heterocycles. The molecule has 1 unspecified atom stereocenters. The van der Waals surface area contributed by atoms with Gasteiger partial charge in [0.25, 0.3) is 0 Å². The molecule has 1 aromatic rings. The molecular formula is C14H17NO3S. The van der Waals surface area contributed by atoms with Crippen LogP contribution in [0.4, 0.5) is 5.69 Å². The van der Waals surface area contributed by atoms with Crippen molar-refractivity contribution < 1.29 is 14.3 Å². The van der Waals surface area contributed by atoms with Crippen LogP contribution in [0.2, 0.25) is 0 Å². The first-order valence-electron chi connectivity index (χ1n) is 6.18. The van der Waals surface area contributed by atoms with Gasteiger partial charge in [0, 0.05) is 25.6 Å². The Morgan fingerprint density at radius 3 is 2.89 bits per heavy atom. The summed E-state index contributed by atoms with van der Waals surface area (Å²) in [4.78, 5) is 24.8. The van der Waals surface area contributed by atoms with Crippen LogP contribution in [0.1, 0.15) is 13.3 Å². The summed E-state index contributed by atoms with van der Waals surface area (Å²) in [7, 11) is 1.60. The quantitative estimate of drug-likeness (QED) is 0.848. The van der Waals surface area contributed by atoms with Crippen LogP contribution in [0.25, 0.3) is 0 Å². The van der Waals surface area contributed by atoms with E-state index in [-0.39, 0.29) is 16.9 Å². The Labute approximate surface area is 117 Å². The van der Waals surface area contributed by atoms with Gasteiger partial charge in [-0.05, 0) is 18.1 Å². The number of hydrogen-bond acceptors (Lipinski definition) is 4. The molecule has 0 aliphatic carbocycles. The Balaban J connectivity index is 2.09. The summed E-state index contributed by atoms with van der Waals surface area (Å²) < 4.78 is 5.29. The van der Waals surface area contributed by atoms with Gasteiger partial charge in [0.15, 0.2) is 5.12 Å². The molecule has 102 valence electrons. The van der Waals surface area contributed by atoms with E-state index < -0.39 is 0 Å². The molecule has 1 atom stereocenters. The van der Waals surface area contributed by atoms with Crippen molar-refractivity contribution in [1.82, 2.24) is 0 Å². The predicted molar refractivity (Wildman–Crippen MR) is 76.6 cm³/mol. The lowest BCUT2D eigenvalue weighted by molar-refractivity contribution is -0.117. The number of rotatable bonds is 4. The van der Waals surface area contributed by atoms with E-state index >= 15 is 0 Å². The molecule has 1 saturated heterocycles. The average molecular weight is 279 g/mol. The van der Waals surface area contributed by atoms with E-state index in [9.17, 15) is 9.59 Å². The van der Waals surface area contributed by atoms with Crippen molar-refractivity contribution in [2.75, 3.05) is 24.3 Å². The minimum absolute atomic E-state index is 0.0960. The summed E-state index contributed by atoms with van der Waals surface area (Å²) >= 11 is 1.29.